The minimum atomic E-state index is -1.08. The lowest BCUT2D eigenvalue weighted by molar-refractivity contribution is -0.156. The maximum Gasteiger partial charge on any atom is 0.326 e. The van der Waals surface area contributed by atoms with Crippen LogP contribution < -0.4 is 9.47 Å². The molecule has 0 saturated carbocycles. The Morgan fingerprint density at radius 2 is 1.87 bits per heavy atom. The maximum atomic E-state index is 12.8. The molecule has 1 saturated heterocycles. The van der Waals surface area contributed by atoms with Gasteiger partial charge in [0.2, 0.25) is 12.7 Å². The first-order valence-corrected chi connectivity index (χ1v) is 10.0. The summed E-state index contributed by atoms with van der Waals surface area (Å²) in [5, 5.41) is 9.91. The van der Waals surface area contributed by atoms with Crippen LogP contribution >= 0.6 is 11.6 Å². The lowest BCUT2D eigenvalue weighted by atomic mass is 9.71. The molecule has 1 aromatic carbocycles. The normalized spacial score (nSPS) is 27.0. The standard InChI is InChI=1S/C21H22ClNO7/c1-27-16-7-12-5-14(21(25)26)23(19(24)9-22)20(13(12)8-17(16)28-2)11-3-4-15-18(6-11)30-10-29-15/h3-4,6-8,12-14,20H,5,9-10H2,1-2H3,(H,25,26). The van der Waals surface area contributed by atoms with Crippen molar-refractivity contribution in [2.45, 2.75) is 18.5 Å². The third kappa shape index (κ3) is 3.35. The van der Waals surface area contributed by atoms with Crippen LogP contribution in [0.5, 0.6) is 11.5 Å². The average Bonchev–Trinajstić information content (AvgIpc) is 3.23. The summed E-state index contributed by atoms with van der Waals surface area (Å²) in [4.78, 5) is 26.3. The van der Waals surface area contributed by atoms with Crippen molar-refractivity contribution in [3.05, 3.63) is 47.4 Å². The number of fused-ring (bicyclic) bond motifs is 2. The molecule has 1 fully saturated rings. The van der Waals surface area contributed by atoms with Crippen molar-refractivity contribution in [3.63, 3.8) is 0 Å². The summed E-state index contributed by atoms with van der Waals surface area (Å²) in [6.07, 6.45) is 4.01. The second-order valence-corrected chi connectivity index (χ2v) is 7.56. The first-order valence-electron chi connectivity index (χ1n) is 9.50. The summed E-state index contributed by atoms with van der Waals surface area (Å²) in [7, 11) is 3.08. The number of methoxy groups -OCH3 is 2. The van der Waals surface area contributed by atoms with Crippen LogP contribution in [0.15, 0.2) is 41.9 Å². The van der Waals surface area contributed by atoms with Gasteiger partial charge in [0.05, 0.1) is 20.3 Å². The summed E-state index contributed by atoms with van der Waals surface area (Å²) < 4.78 is 21.8. The van der Waals surface area contributed by atoms with Crippen molar-refractivity contribution in [2.75, 3.05) is 26.9 Å². The van der Waals surface area contributed by atoms with Crippen molar-refractivity contribution < 1.29 is 33.6 Å². The van der Waals surface area contributed by atoms with Gasteiger partial charge >= 0.3 is 5.97 Å². The highest BCUT2D eigenvalue weighted by Crippen LogP contribution is 2.48. The van der Waals surface area contributed by atoms with E-state index in [9.17, 15) is 14.7 Å². The van der Waals surface area contributed by atoms with Gasteiger partial charge in [-0.1, -0.05) is 6.07 Å². The van der Waals surface area contributed by atoms with Crippen molar-refractivity contribution >= 4 is 23.5 Å². The van der Waals surface area contributed by atoms with Crippen LogP contribution in [0.4, 0.5) is 0 Å². The Kier molecular flexibility index (Phi) is 5.51. The molecule has 4 atom stereocenters. The number of alkyl halides is 1. The van der Waals surface area contributed by atoms with E-state index in [1.807, 2.05) is 18.2 Å². The van der Waals surface area contributed by atoms with Gasteiger partial charge in [-0.2, -0.15) is 0 Å². The number of piperidine rings is 1. The fraction of sp³-hybridized carbons (Fsp3) is 0.429. The zero-order valence-electron chi connectivity index (χ0n) is 16.5. The average molecular weight is 436 g/mol. The minimum Gasteiger partial charge on any atom is -0.493 e. The maximum absolute atomic E-state index is 12.8. The molecule has 4 unspecified atom stereocenters. The number of nitrogens with zero attached hydrogens (tertiary/aromatic N) is 1. The fourth-order valence-electron chi connectivity index (χ4n) is 4.50. The molecule has 0 aromatic heterocycles. The van der Waals surface area contributed by atoms with Crippen LogP contribution in [0.25, 0.3) is 0 Å². The zero-order valence-corrected chi connectivity index (χ0v) is 17.3. The number of carbonyl (C=O) groups is 2. The number of likely N-dealkylation sites (tertiary alicyclic amines) is 1. The van der Waals surface area contributed by atoms with Gasteiger partial charge in [0.25, 0.3) is 0 Å². The van der Waals surface area contributed by atoms with Gasteiger partial charge in [0.1, 0.15) is 11.9 Å². The van der Waals surface area contributed by atoms with Crippen molar-refractivity contribution in [2.24, 2.45) is 11.8 Å². The molecule has 30 heavy (non-hydrogen) atoms. The predicted molar refractivity (Wildman–Crippen MR) is 106 cm³/mol. The van der Waals surface area contributed by atoms with Gasteiger partial charge in [-0.05, 0) is 42.2 Å². The van der Waals surface area contributed by atoms with E-state index in [-0.39, 0.29) is 30.9 Å². The third-order valence-corrected chi connectivity index (χ3v) is 6.04. The summed E-state index contributed by atoms with van der Waals surface area (Å²) in [6, 6.07) is 3.77. The summed E-state index contributed by atoms with van der Waals surface area (Å²) in [5.74, 6) is -0.000170. The molecule has 4 rings (SSSR count). The molecule has 0 bridgehead atoms. The molecule has 1 aliphatic carbocycles. The number of amides is 1. The molecule has 9 heteroatoms. The number of carbonyl (C=O) groups excluding carboxylic acids is 1. The SMILES string of the molecule is COC1=CC2CC(C(=O)O)N(C(=O)CCl)C(c3ccc4c(c3)OCO4)C2C=C1OC. The molecular weight excluding hydrogens is 414 g/mol. The van der Waals surface area contributed by atoms with Crippen LogP contribution in [-0.4, -0.2) is 54.8 Å². The number of halogens is 1. The van der Waals surface area contributed by atoms with Crippen LogP contribution in [0.1, 0.15) is 18.0 Å². The molecule has 2 aliphatic heterocycles. The molecule has 1 amide bonds. The van der Waals surface area contributed by atoms with E-state index in [0.29, 0.717) is 23.0 Å². The monoisotopic (exact) mass is 435 g/mol. The van der Waals surface area contributed by atoms with E-state index in [1.165, 1.54) is 12.0 Å². The number of hydrogen-bond acceptors (Lipinski definition) is 6. The number of allylic oxidation sites excluding steroid dienone is 1. The smallest absolute Gasteiger partial charge is 0.326 e. The Bertz CT molecular complexity index is 928. The second kappa shape index (κ2) is 8.10. The molecule has 0 spiro atoms. The fourth-order valence-corrected chi connectivity index (χ4v) is 4.64. The highest BCUT2D eigenvalue weighted by Gasteiger charge is 2.48. The van der Waals surface area contributed by atoms with Crippen molar-refractivity contribution in [3.8, 4) is 11.5 Å². The van der Waals surface area contributed by atoms with Crippen LogP contribution in [0.2, 0.25) is 0 Å². The molecular formula is C21H22ClNO7. The van der Waals surface area contributed by atoms with Gasteiger partial charge < -0.3 is 29.0 Å². The number of rotatable bonds is 5. The molecule has 2 heterocycles. The third-order valence-electron chi connectivity index (χ3n) is 5.81. The van der Waals surface area contributed by atoms with Crippen LogP contribution in [0.3, 0.4) is 0 Å². The first kappa shape index (κ1) is 20.4. The number of benzene rings is 1. The number of hydrogen-bond donors (Lipinski definition) is 1. The Labute approximate surface area is 178 Å². The van der Waals surface area contributed by atoms with Gasteiger partial charge in [-0.25, -0.2) is 4.79 Å². The number of carboxylic acids is 1. The molecule has 8 nitrogen and oxygen atoms in total. The summed E-state index contributed by atoms with van der Waals surface area (Å²) in [5.41, 5.74) is 0.736. The topological polar surface area (TPSA) is 94.5 Å². The van der Waals surface area contributed by atoms with E-state index in [1.54, 1.807) is 19.2 Å². The number of carboxylic acid groups (broad SMARTS) is 1. The highest BCUT2D eigenvalue weighted by atomic mass is 35.5. The van der Waals surface area contributed by atoms with E-state index in [2.05, 4.69) is 0 Å². The molecule has 0 radical (unpaired) electrons. The lowest BCUT2D eigenvalue weighted by Crippen LogP contribution is -2.55. The van der Waals surface area contributed by atoms with Gasteiger partial charge in [0.15, 0.2) is 23.0 Å². The second-order valence-electron chi connectivity index (χ2n) is 7.29. The molecule has 160 valence electrons. The van der Waals surface area contributed by atoms with E-state index >= 15 is 0 Å². The Hall–Kier alpha value is -2.87. The number of ether oxygens (including phenoxy) is 4. The Morgan fingerprint density at radius 1 is 1.17 bits per heavy atom. The molecule has 1 aromatic rings. The quantitative estimate of drug-likeness (QED) is 0.710. The lowest BCUT2D eigenvalue weighted by Gasteiger charge is -2.48. The van der Waals surface area contributed by atoms with Gasteiger partial charge in [-0.15, -0.1) is 11.6 Å². The van der Waals surface area contributed by atoms with Crippen LogP contribution in [-0.2, 0) is 19.1 Å². The minimum absolute atomic E-state index is 0.116. The highest BCUT2D eigenvalue weighted by molar-refractivity contribution is 6.27. The number of aliphatic carboxylic acids is 1. The zero-order chi connectivity index (χ0) is 21.4. The molecule has 1 N–H and O–H groups in total. The van der Waals surface area contributed by atoms with Crippen molar-refractivity contribution in [1.29, 1.82) is 0 Å². The first-order chi connectivity index (χ1) is 14.5. The summed E-state index contributed by atoms with van der Waals surface area (Å²) >= 11 is 5.88. The Morgan fingerprint density at radius 3 is 2.53 bits per heavy atom. The van der Waals surface area contributed by atoms with Crippen molar-refractivity contribution in [1.82, 2.24) is 4.90 Å². The predicted octanol–water partition coefficient (Wildman–Crippen LogP) is 2.69. The van der Waals surface area contributed by atoms with E-state index in [0.717, 1.165) is 5.56 Å². The molecule has 3 aliphatic rings. The summed E-state index contributed by atoms with van der Waals surface area (Å²) in [6.45, 7) is 0.116. The van der Waals surface area contributed by atoms with Gasteiger partial charge in [-0.3, -0.25) is 4.79 Å². The largest absolute Gasteiger partial charge is 0.493 e. The Balaban J connectivity index is 1.85. The van der Waals surface area contributed by atoms with Crippen LogP contribution in [0, 0.1) is 11.8 Å². The van der Waals surface area contributed by atoms with Gasteiger partial charge in [0, 0.05) is 5.92 Å². The van der Waals surface area contributed by atoms with E-state index < -0.39 is 24.0 Å². The van der Waals surface area contributed by atoms with E-state index in [4.69, 9.17) is 30.5 Å².